The van der Waals surface area contributed by atoms with E-state index in [9.17, 15) is 0 Å². The Morgan fingerprint density at radius 3 is 1.65 bits per heavy atom. The maximum absolute atomic E-state index is 5.52. The van der Waals surface area contributed by atoms with E-state index < -0.39 is 0 Å². The Morgan fingerprint density at radius 1 is 0.750 bits per heavy atom. The van der Waals surface area contributed by atoms with Crippen molar-refractivity contribution in [3.63, 3.8) is 0 Å². The summed E-state index contributed by atoms with van der Waals surface area (Å²) in [6.45, 7) is 1.62. The fourth-order valence-corrected chi connectivity index (χ4v) is 2.69. The molecule has 0 saturated carbocycles. The van der Waals surface area contributed by atoms with Gasteiger partial charge in [-0.25, -0.2) is 0 Å². The third kappa shape index (κ3) is 6.53. The fraction of sp³-hybridized carbons (Fsp3) is 0.667. The van der Waals surface area contributed by atoms with Crippen molar-refractivity contribution in [2.45, 2.75) is 63.6 Å². The highest BCUT2D eigenvalue weighted by Crippen LogP contribution is 2.14. The molecular weight excluding hydrogens is 248 g/mol. The molecule has 0 aromatic rings. The summed E-state index contributed by atoms with van der Waals surface area (Å²) in [5, 5.41) is 0. The lowest BCUT2D eigenvalue weighted by molar-refractivity contribution is 0.119. The Labute approximate surface area is 123 Å². The molecule has 112 valence electrons. The van der Waals surface area contributed by atoms with Crippen LogP contribution in [0, 0.1) is 0 Å². The number of unbranched alkanes of at least 4 members (excludes halogenated alkanes) is 4. The maximum Gasteiger partial charge on any atom is 0.0760 e. The molecule has 2 unspecified atom stereocenters. The lowest BCUT2D eigenvalue weighted by Gasteiger charge is -2.07. The Morgan fingerprint density at radius 2 is 1.25 bits per heavy atom. The van der Waals surface area contributed by atoms with Crippen molar-refractivity contribution in [2.24, 2.45) is 0 Å². The Balaban J connectivity index is 1.34. The first kappa shape index (κ1) is 15.5. The number of rotatable bonds is 10. The van der Waals surface area contributed by atoms with Crippen molar-refractivity contribution in [3.05, 3.63) is 36.5 Å². The molecule has 0 amide bonds. The van der Waals surface area contributed by atoms with Crippen molar-refractivity contribution < 1.29 is 9.47 Å². The molecule has 0 spiro atoms. The molecule has 0 saturated heterocycles. The van der Waals surface area contributed by atoms with E-state index >= 15 is 0 Å². The molecule has 2 nitrogen and oxygen atoms in total. The van der Waals surface area contributed by atoms with Crippen LogP contribution >= 0.6 is 0 Å². The van der Waals surface area contributed by atoms with E-state index in [1.165, 1.54) is 51.4 Å². The molecule has 2 heteroatoms. The van der Waals surface area contributed by atoms with Gasteiger partial charge < -0.3 is 9.47 Å². The average Bonchev–Trinajstić information content (AvgIpc) is 3.14. The van der Waals surface area contributed by atoms with Crippen LogP contribution in [0.5, 0.6) is 0 Å². The van der Waals surface area contributed by atoms with Gasteiger partial charge in [0.2, 0.25) is 0 Å². The van der Waals surface area contributed by atoms with Crippen LogP contribution in [0.25, 0.3) is 0 Å². The summed E-state index contributed by atoms with van der Waals surface area (Å²) in [7, 11) is 0. The predicted octanol–water partition coefficient (Wildman–Crippen LogP) is 4.57. The van der Waals surface area contributed by atoms with E-state index in [0.717, 1.165) is 13.2 Å². The molecule has 0 aromatic heterocycles. The van der Waals surface area contributed by atoms with E-state index in [4.69, 9.17) is 9.47 Å². The second-order valence-electron chi connectivity index (χ2n) is 5.64. The van der Waals surface area contributed by atoms with Gasteiger partial charge in [0.05, 0.1) is 25.4 Å². The summed E-state index contributed by atoms with van der Waals surface area (Å²) in [4.78, 5) is 0. The quantitative estimate of drug-likeness (QED) is 0.430. The van der Waals surface area contributed by atoms with E-state index in [2.05, 4.69) is 36.5 Å². The summed E-state index contributed by atoms with van der Waals surface area (Å²) in [6.07, 6.45) is 24.0. The van der Waals surface area contributed by atoms with Crippen molar-refractivity contribution in [3.8, 4) is 0 Å². The first-order chi connectivity index (χ1) is 9.95. The normalized spacial score (nSPS) is 25.2. The zero-order valence-electron chi connectivity index (χ0n) is 12.5. The topological polar surface area (TPSA) is 18.5 Å². The second kappa shape index (κ2) is 9.95. The summed E-state index contributed by atoms with van der Waals surface area (Å²) in [6, 6.07) is 0. The van der Waals surface area contributed by atoms with E-state index in [1.54, 1.807) is 0 Å². The third-order valence-corrected chi connectivity index (χ3v) is 3.90. The SMILES string of the molecule is C1=CC(CCCC/C=C/CCCCC2C=CCO2)OC1. The molecule has 0 fully saturated rings. The molecule has 0 aliphatic carbocycles. The van der Waals surface area contributed by atoms with Crippen molar-refractivity contribution >= 4 is 0 Å². The van der Waals surface area contributed by atoms with Gasteiger partial charge in [0.15, 0.2) is 0 Å². The average molecular weight is 276 g/mol. The standard InChI is InChI=1S/C18H28O2/c1(3-5-7-11-17-13-9-15-19-17)2-4-6-8-12-18-14-10-16-20-18/h1-2,9-10,13-14,17-18H,3-8,11-12,15-16H2/b2-1+. The first-order valence-corrected chi connectivity index (χ1v) is 8.16. The molecular formula is C18H28O2. The minimum Gasteiger partial charge on any atom is -0.370 e. The Bertz CT molecular complexity index is 298. The van der Waals surface area contributed by atoms with Gasteiger partial charge in [0.25, 0.3) is 0 Å². The summed E-state index contributed by atoms with van der Waals surface area (Å²) in [5.74, 6) is 0. The molecule has 2 rings (SSSR count). The zero-order chi connectivity index (χ0) is 13.9. The maximum atomic E-state index is 5.52. The Kier molecular flexibility index (Phi) is 7.73. The lowest BCUT2D eigenvalue weighted by Crippen LogP contribution is -2.03. The molecule has 2 aliphatic rings. The molecule has 0 bridgehead atoms. The van der Waals surface area contributed by atoms with Gasteiger partial charge in [-0.1, -0.05) is 49.3 Å². The van der Waals surface area contributed by atoms with Crippen LogP contribution in [0.3, 0.4) is 0 Å². The number of allylic oxidation sites excluding steroid dienone is 2. The summed E-state index contributed by atoms with van der Waals surface area (Å²) >= 11 is 0. The third-order valence-electron chi connectivity index (χ3n) is 3.90. The molecule has 2 heterocycles. The number of ether oxygens (including phenoxy) is 2. The molecule has 0 radical (unpaired) electrons. The molecule has 0 N–H and O–H groups in total. The van der Waals surface area contributed by atoms with Crippen molar-refractivity contribution in [1.29, 1.82) is 0 Å². The van der Waals surface area contributed by atoms with Crippen molar-refractivity contribution in [2.75, 3.05) is 13.2 Å². The highest BCUT2D eigenvalue weighted by atomic mass is 16.5. The smallest absolute Gasteiger partial charge is 0.0760 e. The Hall–Kier alpha value is -0.860. The van der Waals surface area contributed by atoms with Crippen LogP contribution < -0.4 is 0 Å². The van der Waals surface area contributed by atoms with E-state index in [-0.39, 0.29) is 0 Å². The molecule has 2 atom stereocenters. The monoisotopic (exact) mass is 276 g/mol. The van der Waals surface area contributed by atoms with E-state index in [1.807, 2.05) is 0 Å². The van der Waals surface area contributed by atoms with Gasteiger partial charge in [0, 0.05) is 0 Å². The second-order valence-corrected chi connectivity index (χ2v) is 5.64. The highest BCUT2D eigenvalue weighted by Gasteiger charge is 2.08. The van der Waals surface area contributed by atoms with Crippen molar-refractivity contribution in [1.82, 2.24) is 0 Å². The van der Waals surface area contributed by atoms with Crippen LogP contribution in [-0.2, 0) is 9.47 Å². The molecule has 20 heavy (non-hydrogen) atoms. The van der Waals surface area contributed by atoms with Gasteiger partial charge in [0.1, 0.15) is 0 Å². The van der Waals surface area contributed by atoms with E-state index in [0.29, 0.717) is 12.2 Å². The van der Waals surface area contributed by atoms with Gasteiger partial charge in [-0.05, 0) is 38.5 Å². The van der Waals surface area contributed by atoms with Crippen LogP contribution in [0.1, 0.15) is 51.4 Å². The number of hydrogen-bond acceptors (Lipinski definition) is 2. The summed E-state index contributed by atoms with van der Waals surface area (Å²) in [5.41, 5.74) is 0. The van der Waals surface area contributed by atoms with Gasteiger partial charge in [-0.15, -0.1) is 0 Å². The molecule has 2 aliphatic heterocycles. The lowest BCUT2D eigenvalue weighted by atomic mass is 10.1. The van der Waals surface area contributed by atoms with Crippen LogP contribution in [0.4, 0.5) is 0 Å². The van der Waals surface area contributed by atoms with Gasteiger partial charge in [-0.3, -0.25) is 0 Å². The zero-order valence-corrected chi connectivity index (χ0v) is 12.5. The van der Waals surface area contributed by atoms with Gasteiger partial charge in [-0.2, -0.15) is 0 Å². The predicted molar refractivity (Wildman–Crippen MR) is 83.8 cm³/mol. The largest absolute Gasteiger partial charge is 0.370 e. The molecule has 0 aromatic carbocycles. The minimum atomic E-state index is 0.394. The number of hydrogen-bond donors (Lipinski definition) is 0. The first-order valence-electron chi connectivity index (χ1n) is 8.16. The van der Waals surface area contributed by atoms with Crippen LogP contribution in [0.15, 0.2) is 36.5 Å². The highest BCUT2D eigenvalue weighted by molar-refractivity contribution is 4.96. The fourth-order valence-electron chi connectivity index (χ4n) is 2.69. The van der Waals surface area contributed by atoms with Crippen LogP contribution in [-0.4, -0.2) is 25.4 Å². The van der Waals surface area contributed by atoms with Crippen LogP contribution in [0.2, 0.25) is 0 Å². The van der Waals surface area contributed by atoms with Gasteiger partial charge >= 0.3 is 0 Å². The summed E-state index contributed by atoms with van der Waals surface area (Å²) < 4.78 is 11.0. The minimum absolute atomic E-state index is 0.394.